The van der Waals surface area contributed by atoms with Gasteiger partial charge in [0.15, 0.2) is 5.82 Å². The second-order valence-electron chi connectivity index (χ2n) is 12.8. The Morgan fingerprint density at radius 1 is 1.22 bits per heavy atom. The van der Waals surface area contributed by atoms with Gasteiger partial charge < -0.3 is 19.4 Å². The van der Waals surface area contributed by atoms with E-state index in [1.165, 1.54) is 6.08 Å². The van der Waals surface area contributed by atoms with Crippen LogP contribution < -0.4 is 15.1 Å². The molecule has 2 saturated heterocycles. The molecule has 12 heteroatoms. The molecule has 1 aliphatic carbocycles. The minimum Gasteiger partial charge on any atom is -0.462 e. The number of ether oxygens (including phenoxy) is 1. The Balaban J connectivity index is 1.43. The van der Waals surface area contributed by atoms with E-state index in [0.717, 1.165) is 42.8 Å². The van der Waals surface area contributed by atoms with E-state index in [1.807, 2.05) is 39.0 Å². The van der Waals surface area contributed by atoms with Crippen molar-refractivity contribution < 1.29 is 13.9 Å². The second kappa shape index (κ2) is 13.4. The second-order valence-corrected chi connectivity index (χ2v) is 13.7. The molecule has 3 aromatic rings. The first-order valence-corrected chi connectivity index (χ1v) is 16.7. The molecule has 3 aliphatic rings. The van der Waals surface area contributed by atoms with Gasteiger partial charge in [0.2, 0.25) is 5.91 Å². The fourth-order valence-corrected chi connectivity index (χ4v) is 7.01. The minimum atomic E-state index is -0.549. The number of halogens is 2. The van der Waals surface area contributed by atoms with Crippen molar-refractivity contribution in [1.29, 1.82) is 0 Å². The van der Waals surface area contributed by atoms with Crippen LogP contribution in [0.2, 0.25) is 5.02 Å². The van der Waals surface area contributed by atoms with Gasteiger partial charge in [0.1, 0.15) is 17.9 Å². The van der Waals surface area contributed by atoms with Crippen molar-refractivity contribution >= 4 is 57.6 Å². The summed E-state index contributed by atoms with van der Waals surface area (Å²) in [7, 11) is 2.08. The monoisotopic (exact) mass is 665 g/mol. The Bertz CT molecular complexity index is 1700. The predicted octanol–water partition coefficient (Wildman–Crippen LogP) is 6.55. The highest BCUT2D eigenvalue weighted by molar-refractivity contribution is 7.97. The van der Waals surface area contributed by atoms with Gasteiger partial charge in [0.25, 0.3) is 0 Å². The Hall–Kier alpha value is -3.41. The van der Waals surface area contributed by atoms with Crippen molar-refractivity contribution in [1.82, 2.24) is 19.8 Å². The van der Waals surface area contributed by atoms with Crippen molar-refractivity contribution in [2.75, 3.05) is 43.6 Å². The van der Waals surface area contributed by atoms with Gasteiger partial charge in [0, 0.05) is 48.1 Å². The molecule has 9 nitrogen and oxygen atoms in total. The Kier molecular flexibility index (Phi) is 9.45. The maximum atomic E-state index is 16.9. The number of anilines is 2. The van der Waals surface area contributed by atoms with Crippen LogP contribution in [0.15, 0.2) is 42.0 Å². The van der Waals surface area contributed by atoms with Crippen LogP contribution in [0.3, 0.4) is 0 Å². The first kappa shape index (κ1) is 32.5. The van der Waals surface area contributed by atoms with E-state index in [9.17, 15) is 4.79 Å². The summed E-state index contributed by atoms with van der Waals surface area (Å²) >= 11 is 11.4. The maximum absolute atomic E-state index is 16.9. The largest absolute Gasteiger partial charge is 0.462 e. The highest BCUT2D eigenvalue weighted by atomic mass is 35.5. The summed E-state index contributed by atoms with van der Waals surface area (Å²) in [4.78, 5) is 28.2. The summed E-state index contributed by atoms with van der Waals surface area (Å²) in [6.07, 6.45) is 5.64. The summed E-state index contributed by atoms with van der Waals surface area (Å²) < 4.78 is 23.1. The number of thiol groups is 1. The smallest absolute Gasteiger partial charge is 0.319 e. The van der Waals surface area contributed by atoms with Crippen molar-refractivity contribution in [2.24, 2.45) is 11.0 Å². The molecular weight excluding hydrogens is 625 g/mol. The normalized spacial score (nSPS) is 22.4. The Morgan fingerprint density at radius 2 is 2.00 bits per heavy atom. The number of carbonyl (C=O) groups excluding carboxylic acids is 1. The molecular formula is C34H41ClFN7O2S. The predicted molar refractivity (Wildman–Crippen MR) is 187 cm³/mol. The maximum Gasteiger partial charge on any atom is 0.319 e. The standard InChI is InChI=1S/C34H41ClFN7O2S/c1-6-28(44)42-16-21(4)43(17-20(42)3)32-26-15-27(35)29(25-14-23(12-9-19(25)2)39-40-33(46)22-10-11-22)30(36)31(26)37-34(38-32)45-18-24-8-7-13-41(24)5/h6,9,12,14-15,20-22,24,39H,1,7-8,10-11,13,16-18H2,2-5H3,(H,40,46)/t20-,21+,24+/m1/s1. The third-order valence-electron chi connectivity index (χ3n) is 9.38. The first-order valence-electron chi connectivity index (χ1n) is 15.9. The number of likely N-dealkylation sites (N-methyl/N-ethyl adjacent to an activating group) is 1. The van der Waals surface area contributed by atoms with Crippen LogP contribution >= 0.6 is 24.2 Å². The molecule has 3 fully saturated rings. The number of aromatic nitrogens is 2. The number of hydrazone groups is 1. The van der Waals surface area contributed by atoms with Crippen LogP contribution in [0.5, 0.6) is 6.01 Å². The summed E-state index contributed by atoms with van der Waals surface area (Å²) in [6, 6.07) is 7.50. The number of benzene rings is 2. The number of hydrogen-bond acceptors (Lipinski definition) is 8. The highest BCUT2D eigenvalue weighted by Crippen LogP contribution is 2.41. The number of carbonyl (C=O) groups is 1. The van der Waals surface area contributed by atoms with E-state index in [2.05, 4.69) is 51.6 Å². The molecule has 1 amide bonds. The molecule has 1 saturated carbocycles. The molecule has 0 unspecified atom stereocenters. The van der Waals surface area contributed by atoms with Crippen LogP contribution in [-0.4, -0.2) is 82.1 Å². The van der Waals surface area contributed by atoms with Gasteiger partial charge >= 0.3 is 6.01 Å². The fraction of sp³-hybridized carbons (Fsp3) is 0.471. The highest BCUT2D eigenvalue weighted by Gasteiger charge is 2.34. The van der Waals surface area contributed by atoms with E-state index in [-0.39, 0.29) is 46.1 Å². The lowest BCUT2D eigenvalue weighted by atomic mass is 9.97. The van der Waals surface area contributed by atoms with Crippen molar-refractivity contribution in [2.45, 2.75) is 64.6 Å². The number of amides is 1. The van der Waals surface area contributed by atoms with Crippen LogP contribution in [0.4, 0.5) is 15.9 Å². The van der Waals surface area contributed by atoms with Gasteiger partial charge in [-0.25, -0.2) is 4.39 Å². The molecule has 3 heterocycles. The number of hydrogen-bond donors (Lipinski definition) is 2. The minimum absolute atomic E-state index is 0.113. The number of fused-ring (bicyclic) bond motifs is 1. The Labute approximate surface area is 280 Å². The van der Waals surface area contributed by atoms with Crippen molar-refractivity contribution in [3.05, 3.63) is 53.3 Å². The topological polar surface area (TPSA) is 86.2 Å². The molecule has 2 aromatic carbocycles. The average molecular weight is 666 g/mol. The van der Waals surface area contributed by atoms with Gasteiger partial charge in [-0.05, 0) is 95.4 Å². The van der Waals surface area contributed by atoms with Gasteiger partial charge in [-0.2, -0.15) is 15.1 Å². The lowest BCUT2D eigenvalue weighted by molar-refractivity contribution is -0.128. The van der Waals surface area contributed by atoms with Crippen LogP contribution in [0, 0.1) is 18.7 Å². The SMILES string of the molecule is C=CC(=O)N1C[C@H](C)N(c2nc(OC[C@@H]3CCCN3C)nc3c(F)c(-c4cc(N/N=C(\S)C5CC5)ccc4C)c(Cl)cc23)C[C@H]1C. The van der Waals surface area contributed by atoms with E-state index in [1.54, 1.807) is 11.0 Å². The van der Waals surface area contributed by atoms with Gasteiger partial charge in [0.05, 0.1) is 15.8 Å². The zero-order valence-corrected chi connectivity index (χ0v) is 28.4. The molecule has 6 rings (SSSR count). The van der Waals surface area contributed by atoms with E-state index < -0.39 is 5.82 Å². The number of rotatable bonds is 9. The van der Waals surface area contributed by atoms with Crippen molar-refractivity contribution in [3.8, 4) is 17.1 Å². The Morgan fingerprint density at radius 3 is 2.70 bits per heavy atom. The first-order chi connectivity index (χ1) is 22.0. The number of piperazine rings is 1. The van der Waals surface area contributed by atoms with Crippen molar-refractivity contribution in [3.63, 3.8) is 0 Å². The lowest BCUT2D eigenvalue weighted by Gasteiger charge is -2.44. The van der Waals surface area contributed by atoms with E-state index in [0.29, 0.717) is 48.1 Å². The summed E-state index contributed by atoms with van der Waals surface area (Å²) in [6.45, 7) is 11.9. The summed E-state index contributed by atoms with van der Waals surface area (Å²) in [5.74, 6) is 0.265. The third-order valence-corrected chi connectivity index (χ3v) is 10.1. The molecule has 244 valence electrons. The quantitative estimate of drug-likeness (QED) is 0.0882. The molecule has 0 radical (unpaired) electrons. The summed E-state index contributed by atoms with van der Waals surface area (Å²) in [5.41, 5.74) is 5.63. The number of nitrogens with zero attached hydrogens (tertiary/aromatic N) is 6. The molecule has 1 aromatic heterocycles. The zero-order chi connectivity index (χ0) is 32.7. The summed E-state index contributed by atoms with van der Waals surface area (Å²) in [5, 5.41) is 5.90. The number of aryl methyl sites for hydroxylation is 1. The van der Waals surface area contributed by atoms with E-state index in [4.69, 9.17) is 21.3 Å². The van der Waals surface area contributed by atoms with Crippen LogP contribution in [0.1, 0.15) is 45.1 Å². The average Bonchev–Trinajstić information content (AvgIpc) is 3.81. The van der Waals surface area contributed by atoms with Gasteiger partial charge in [-0.3, -0.25) is 10.2 Å². The zero-order valence-electron chi connectivity index (χ0n) is 26.8. The molecule has 3 atom stereocenters. The molecule has 1 N–H and O–H groups in total. The molecule has 2 aliphatic heterocycles. The third kappa shape index (κ3) is 6.55. The molecule has 0 bridgehead atoms. The van der Waals surface area contributed by atoms with E-state index >= 15 is 4.39 Å². The van der Waals surface area contributed by atoms with Crippen LogP contribution in [-0.2, 0) is 4.79 Å². The van der Waals surface area contributed by atoms with Gasteiger partial charge in [-0.1, -0.05) is 24.2 Å². The lowest BCUT2D eigenvalue weighted by Crippen LogP contribution is -2.58. The van der Waals surface area contributed by atoms with Crippen LogP contribution in [0.25, 0.3) is 22.0 Å². The number of likely N-dealkylation sites (tertiary alicyclic amines) is 1. The fourth-order valence-electron chi connectivity index (χ4n) is 6.41. The number of nitrogens with one attached hydrogen (secondary N) is 1. The van der Waals surface area contributed by atoms with Gasteiger partial charge in [-0.15, -0.1) is 12.6 Å². The molecule has 0 spiro atoms. The molecule has 46 heavy (non-hydrogen) atoms.